The van der Waals surface area contributed by atoms with E-state index in [1.165, 1.54) is 17.0 Å². The molecule has 1 fully saturated rings. The monoisotopic (exact) mass is 561 g/mol. The minimum absolute atomic E-state index is 0.0291. The van der Waals surface area contributed by atoms with Gasteiger partial charge in [0, 0.05) is 6.07 Å². The zero-order chi connectivity index (χ0) is 24.9. The van der Waals surface area contributed by atoms with Gasteiger partial charge in [0.1, 0.15) is 35.4 Å². The lowest BCUT2D eigenvalue weighted by molar-refractivity contribution is -0.0799. The average molecular weight is 562 g/mol. The minimum atomic E-state index is -3.26. The van der Waals surface area contributed by atoms with Crippen molar-refractivity contribution < 1.29 is 35.8 Å². The van der Waals surface area contributed by atoms with E-state index in [2.05, 4.69) is 31.0 Å². The van der Waals surface area contributed by atoms with Crippen molar-refractivity contribution in [1.82, 2.24) is 24.3 Å². The first-order valence-corrected chi connectivity index (χ1v) is 10.9. The molecule has 7 nitrogen and oxygen atoms in total. The number of hydrogen-bond acceptors (Lipinski definition) is 5. The number of pyridine rings is 1. The van der Waals surface area contributed by atoms with Gasteiger partial charge in [-0.2, -0.15) is 5.10 Å². The van der Waals surface area contributed by atoms with Crippen LogP contribution in [-0.2, 0) is 4.74 Å². The average Bonchev–Trinajstić information content (AvgIpc) is 3.40. The first-order valence-electron chi connectivity index (χ1n) is 10.1. The van der Waals surface area contributed by atoms with Gasteiger partial charge in [-0.1, -0.05) is 0 Å². The molecule has 1 aromatic carbocycles. The van der Waals surface area contributed by atoms with E-state index in [9.17, 15) is 26.3 Å². The summed E-state index contributed by atoms with van der Waals surface area (Å²) in [6, 6.07) is 6.03. The van der Waals surface area contributed by atoms with Gasteiger partial charge in [-0.05, 0) is 40.2 Å². The Morgan fingerprint density at radius 2 is 1.77 bits per heavy atom. The molecule has 0 N–H and O–H groups in total. The van der Waals surface area contributed by atoms with Crippen molar-refractivity contribution in [3.63, 3.8) is 0 Å². The van der Waals surface area contributed by atoms with Gasteiger partial charge in [-0.15, -0.1) is 0 Å². The van der Waals surface area contributed by atoms with Crippen LogP contribution < -0.4 is 4.74 Å². The minimum Gasteiger partial charge on any atom is -0.484 e. The summed E-state index contributed by atoms with van der Waals surface area (Å²) in [4.78, 5) is 8.37. The van der Waals surface area contributed by atoms with Gasteiger partial charge in [0.2, 0.25) is 0 Å². The Kier molecular flexibility index (Phi) is 6.17. The molecule has 35 heavy (non-hydrogen) atoms. The van der Waals surface area contributed by atoms with Crippen molar-refractivity contribution in [3.05, 3.63) is 58.1 Å². The smallest absolute Gasteiger partial charge is 0.282 e. The maximum absolute atomic E-state index is 13.7. The van der Waals surface area contributed by atoms with E-state index in [1.807, 2.05) is 0 Å². The standard InChI is InChI=1S/C21H14BrF6N5O2/c22-11-3-12-14(5-16(11)35-9-6-34-7-9)32(8-29-12)17-2-1-10(18(23)24)21(30-17)33-15(20(27)28)4-13(31-33)19(25)26/h1-5,8-9,18-20H,6-7H2. The molecule has 1 aliphatic heterocycles. The van der Waals surface area contributed by atoms with E-state index in [0.717, 1.165) is 6.07 Å². The highest BCUT2D eigenvalue weighted by molar-refractivity contribution is 9.10. The van der Waals surface area contributed by atoms with Gasteiger partial charge in [0.15, 0.2) is 5.82 Å². The third-order valence-electron chi connectivity index (χ3n) is 5.28. The molecule has 1 aliphatic rings. The van der Waals surface area contributed by atoms with Gasteiger partial charge in [0.25, 0.3) is 19.3 Å². The molecule has 0 saturated carbocycles. The van der Waals surface area contributed by atoms with Gasteiger partial charge >= 0.3 is 0 Å². The molecule has 0 atom stereocenters. The van der Waals surface area contributed by atoms with Crippen molar-refractivity contribution in [2.24, 2.45) is 0 Å². The number of imidazole rings is 1. The number of alkyl halides is 6. The molecule has 4 heterocycles. The van der Waals surface area contributed by atoms with Crippen molar-refractivity contribution in [3.8, 4) is 17.4 Å². The van der Waals surface area contributed by atoms with Crippen LogP contribution in [0.15, 0.2) is 41.1 Å². The lowest BCUT2D eigenvalue weighted by Crippen LogP contribution is -2.38. The van der Waals surface area contributed by atoms with Crippen LogP contribution >= 0.6 is 15.9 Å². The summed E-state index contributed by atoms with van der Waals surface area (Å²) in [5, 5.41) is 3.43. The second-order valence-corrected chi connectivity index (χ2v) is 8.41. The predicted octanol–water partition coefficient (Wildman–Crippen LogP) is 5.96. The molecule has 0 aliphatic carbocycles. The second-order valence-electron chi connectivity index (χ2n) is 7.55. The van der Waals surface area contributed by atoms with Crippen LogP contribution in [0.1, 0.15) is 36.2 Å². The summed E-state index contributed by atoms with van der Waals surface area (Å²) in [7, 11) is 0. The highest BCUT2D eigenvalue weighted by atomic mass is 79.9. The number of nitrogens with zero attached hydrogens (tertiary/aromatic N) is 5. The molecule has 0 spiro atoms. The van der Waals surface area contributed by atoms with Crippen molar-refractivity contribution in [2.45, 2.75) is 25.4 Å². The second kappa shape index (κ2) is 9.15. The summed E-state index contributed by atoms with van der Waals surface area (Å²) in [5.41, 5.74) is -1.73. The van der Waals surface area contributed by atoms with Crippen LogP contribution in [0, 0.1) is 0 Å². The Morgan fingerprint density at radius 3 is 2.40 bits per heavy atom. The highest BCUT2D eigenvalue weighted by Gasteiger charge is 2.27. The number of halogens is 7. The first-order chi connectivity index (χ1) is 16.7. The number of rotatable bonds is 7. The summed E-state index contributed by atoms with van der Waals surface area (Å²) < 4.78 is 94.2. The maximum atomic E-state index is 13.7. The van der Waals surface area contributed by atoms with Crippen LogP contribution in [0.25, 0.3) is 22.7 Å². The van der Waals surface area contributed by atoms with E-state index in [4.69, 9.17) is 9.47 Å². The van der Waals surface area contributed by atoms with Crippen molar-refractivity contribution >= 4 is 27.0 Å². The molecule has 3 aromatic heterocycles. The van der Waals surface area contributed by atoms with Gasteiger partial charge in [0.05, 0.1) is 34.3 Å². The summed E-state index contributed by atoms with van der Waals surface area (Å²) in [6.07, 6.45) is -8.33. The molecule has 5 rings (SSSR count). The van der Waals surface area contributed by atoms with E-state index < -0.39 is 42.0 Å². The number of aromatic nitrogens is 5. The lowest BCUT2D eigenvalue weighted by atomic mass is 10.2. The van der Waals surface area contributed by atoms with Gasteiger partial charge in [-0.3, -0.25) is 4.57 Å². The molecule has 0 bridgehead atoms. The molecule has 0 amide bonds. The fraction of sp³-hybridized carbons (Fsp3) is 0.286. The predicted molar refractivity (Wildman–Crippen MR) is 114 cm³/mol. The zero-order valence-electron chi connectivity index (χ0n) is 17.4. The van der Waals surface area contributed by atoms with Crippen LogP contribution in [-0.4, -0.2) is 43.6 Å². The number of fused-ring (bicyclic) bond motifs is 1. The summed E-state index contributed by atoms with van der Waals surface area (Å²) in [6.45, 7) is 0.862. The van der Waals surface area contributed by atoms with Gasteiger partial charge in [-0.25, -0.2) is 41.0 Å². The van der Waals surface area contributed by atoms with Crippen LogP contribution in [0.3, 0.4) is 0 Å². The quantitative estimate of drug-likeness (QED) is 0.260. The maximum Gasteiger partial charge on any atom is 0.282 e. The molecule has 184 valence electrons. The molecule has 0 radical (unpaired) electrons. The zero-order valence-corrected chi connectivity index (χ0v) is 19.0. The molecule has 4 aromatic rings. The number of hydrogen-bond donors (Lipinski definition) is 0. The largest absolute Gasteiger partial charge is 0.484 e. The SMILES string of the molecule is FC(F)c1cc(C(F)F)n(-c2nc(-n3cnc4cc(Br)c(OC5COC5)cc43)ccc2C(F)F)n1. The molecule has 1 saturated heterocycles. The summed E-state index contributed by atoms with van der Waals surface area (Å²) in [5.74, 6) is -0.186. The highest BCUT2D eigenvalue weighted by Crippen LogP contribution is 2.34. The molecular weight excluding hydrogens is 548 g/mol. The Hall–Kier alpha value is -3.13. The van der Waals surface area contributed by atoms with E-state index in [0.29, 0.717) is 45.2 Å². The summed E-state index contributed by atoms with van der Waals surface area (Å²) >= 11 is 3.41. The van der Waals surface area contributed by atoms with Crippen LogP contribution in [0.2, 0.25) is 0 Å². The normalized spacial score (nSPS) is 14.5. The molecule has 0 unspecified atom stereocenters. The number of ether oxygens (including phenoxy) is 2. The Labute approximate surface area is 201 Å². The van der Waals surface area contributed by atoms with Crippen molar-refractivity contribution in [1.29, 1.82) is 0 Å². The molecule has 14 heteroatoms. The van der Waals surface area contributed by atoms with Gasteiger partial charge < -0.3 is 9.47 Å². The Morgan fingerprint density at radius 1 is 1.00 bits per heavy atom. The topological polar surface area (TPSA) is 67.0 Å². The Balaban J connectivity index is 1.65. The van der Waals surface area contributed by atoms with Crippen molar-refractivity contribution in [2.75, 3.05) is 13.2 Å². The molecular formula is C21H14BrF6N5O2. The van der Waals surface area contributed by atoms with E-state index >= 15 is 0 Å². The van der Waals surface area contributed by atoms with E-state index in [1.54, 1.807) is 12.1 Å². The fourth-order valence-corrected chi connectivity index (χ4v) is 3.94. The number of benzene rings is 1. The fourth-order valence-electron chi connectivity index (χ4n) is 3.51. The van der Waals surface area contributed by atoms with E-state index in [-0.39, 0.29) is 11.9 Å². The van der Waals surface area contributed by atoms with Crippen LogP contribution in [0.5, 0.6) is 5.75 Å². The van der Waals surface area contributed by atoms with Crippen LogP contribution in [0.4, 0.5) is 26.3 Å². The Bertz CT molecular complexity index is 1390. The third-order valence-corrected chi connectivity index (χ3v) is 5.90. The third kappa shape index (κ3) is 4.35. The lowest BCUT2D eigenvalue weighted by Gasteiger charge is -2.27. The first kappa shape index (κ1) is 23.6.